The highest BCUT2D eigenvalue weighted by Gasteiger charge is 2.23. The van der Waals surface area contributed by atoms with Crippen molar-refractivity contribution in [3.63, 3.8) is 0 Å². The molecule has 1 unspecified atom stereocenters. The van der Waals surface area contributed by atoms with Gasteiger partial charge >= 0.3 is 0 Å². The summed E-state index contributed by atoms with van der Waals surface area (Å²) in [5.41, 5.74) is 3.18. The molecule has 3 nitrogen and oxygen atoms in total. The van der Waals surface area contributed by atoms with Gasteiger partial charge in [0.05, 0.1) is 0 Å². The Morgan fingerprint density at radius 1 is 1.47 bits per heavy atom. The third-order valence-electron chi connectivity index (χ3n) is 3.94. The number of likely N-dealkylation sites (N-methyl/N-ethyl adjacent to an activating group) is 1. The molecule has 3 heteroatoms. The van der Waals surface area contributed by atoms with E-state index in [2.05, 4.69) is 30.2 Å². The zero-order valence-corrected chi connectivity index (χ0v) is 11.1. The zero-order chi connectivity index (χ0) is 12.4. The van der Waals surface area contributed by atoms with Crippen molar-refractivity contribution in [1.29, 1.82) is 0 Å². The second-order valence-corrected chi connectivity index (χ2v) is 5.00. The molecular formula is C14H22N2O. The van der Waals surface area contributed by atoms with Gasteiger partial charge in [-0.25, -0.2) is 0 Å². The summed E-state index contributed by atoms with van der Waals surface area (Å²) >= 11 is 0. The summed E-state index contributed by atoms with van der Waals surface area (Å²) in [6.07, 6.45) is 3.45. The number of hydrogen-bond acceptors (Lipinski definition) is 2. The smallest absolute Gasteiger partial charge is 0.151 e. The van der Waals surface area contributed by atoms with Crippen molar-refractivity contribution < 1.29 is 4.79 Å². The second kappa shape index (κ2) is 5.05. The highest BCUT2D eigenvalue weighted by atomic mass is 16.1. The van der Waals surface area contributed by atoms with E-state index in [1.54, 1.807) is 0 Å². The molecule has 0 N–H and O–H groups in total. The standard InChI is InChI=1S/C14H22N2O/c1-4-15-7-5-6-14(9-15)16-11(2)8-13(10-17)12(16)3/h8,10,14H,4-7,9H2,1-3H3. The SMILES string of the molecule is CCN1CCCC(n2c(C)cc(C=O)c2C)C1. The Morgan fingerprint density at radius 3 is 2.82 bits per heavy atom. The van der Waals surface area contributed by atoms with Gasteiger partial charge < -0.3 is 9.47 Å². The molecule has 0 spiro atoms. The van der Waals surface area contributed by atoms with Gasteiger partial charge in [0.1, 0.15) is 0 Å². The molecule has 2 rings (SSSR count). The summed E-state index contributed by atoms with van der Waals surface area (Å²) in [6.45, 7) is 9.83. The van der Waals surface area contributed by atoms with Crippen LogP contribution in [0.15, 0.2) is 6.07 Å². The average molecular weight is 234 g/mol. The Bertz CT molecular complexity index is 409. The summed E-state index contributed by atoms with van der Waals surface area (Å²) < 4.78 is 2.35. The molecule has 0 saturated carbocycles. The van der Waals surface area contributed by atoms with E-state index in [9.17, 15) is 4.79 Å². The molecule has 1 saturated heterocycles. The van der Waals surface area contributed by atoms with E-state index in [1.807, 2.05) is 6.07 Å². The first-order valence-electron chi connectivity index (χ1n) is 6.53. The molecule has 0 aromatic carbocycles. The quantitative estimate of drug-likeness (QED) is 0.751. The van der Waals surface area contributed by atoms with Gasteiger partial charge in [-0.2, -0.15) is 0 Å². The van der Waals surface area contributed by atoms with E-state index in [-0.39, 0.29) is 0 Å². The van der Waals surface area contributed by atoms with Crippen LogP contribution in [0.3, 0.4) is 0 Å². The minimum atomic E-state index is 0.539. The molecule has 94 valence electrons. The number of likely N-dealkylation sites (tertiary alicyclic amines) is 1. The lowest BCUT2D eigenvalue weighted by Crippen LogP contribution is -2.36. The van der Waals surface area contributed by atoms with Crippen molar-refractivity contribution in [3.05, 3.63) is 23.0 Å². The number of rotatable bonds is 3. The van der Waals surface area contributed by atoms with E-state index in [0.29, 0.717) is 6.04 Å². The van der Waals surface area contributed by atoms with E-state index in [4.69, 9.17) is 0 Å². The number of aromatic nitrogens is 1. The normalized spacial score (nSPS) is 21.7. The first-order chi connectivity index (χ1) is 8.17. The van der Waals surface area contributed by atoms with Crippen LogP contribution >= 0.6 is 0 Å². The van der Waals surface area contributed by atoms with Crippen molar-refractivity contribution >= 4 is 6.29 Å². The summed E-state index contributed by atoms with van der Waals surface area (Å²) in [4.78, 5) is 13.5. The van der Waals surface area contributed by atoms with Gasteiger partial charge in [0.25, 0.3) is 0 Å². The third-order valence-corrected chi connectivity index (χ3v) is 3.94. The van der Waals surface area contributed by atoms with Gasteiger partial charge in [-0.1, -0.05) is 6.92 Å². The van der Waals surface area contributed by atoms with Crippen LogP contribution < -0.4 is 0 Å². The fourth-order valence-corrected chi connectivity index (χ4v) is 3.01. The maximum Gasteiger partial charge on any atom is 0.151 e. The highest BCUT2D eigenvalue weighted by molar-refractivity contribution is 5.77. The van der Waals surface area contributed by atoms with Crippen LogP contribution in [0.2, 0.25) is 0 Å². The maximum atomic E-state index is 11.0. The number of piperidine rings is 1. The lowest BCUT2D eigenvalue weighted by Gasteiger charge is -2.34. The van der Waals surface area contributed by atoms with Gasteiger partial charge in [-0.05, 0) is 45.8 Å². The van der Waals surface area contributed by atoms with Crippen molar-refractivity contribution in [1.82, 2.24) is 9.47 Å². The van der Waals surface area contributed by atoms with Gasteiger partial charge in [-0.15, -0.1) is 0 Å². The number of carbonyl (C=O) groups excluding carboxylic acids is 1. The number of hydrogen-bond donors (Lipinski definition) is 0. The highest BCUT2D eigenvalue weighted by Crippen LogP contribution is 2.26. The van der Waals surface area contributed by atoms with Crippen LogP contribution in [0.5, 0.6) is 0 Å². The van der Waals surface area contributed by atoms with Crippen LogP contribution in [0, 0.1) is 13.8 Å². The van der Waals surface area contributed by atoms with E-state index in [1.165, 1.54) is 25.1 Å². The zero-order valence-electron chi connectivity index (χ0n) is 11.1. The first-order valence-corrected chi connectivity index (χ1v) is 6.53. The molecule has 2 heterocycles. The molecule has 0 radical (unpaired) electrons. The molecule has 17 heavy (non-hydrogen) atoms. The Hall–Kier alpha value is -1.09. The minimum absolute atomic E-state index is 0.539. The van der Waals surface area contributed by atoms with Crippen LogP contribution in [0.4, 0.5) is 0 Å². The lowest BCUT2D eigenvalue weighted by atomic mass is 10.1. The summed E-state index contributed by atoms with van der Waals surface area (Å²) in [7, 11) is 0. The number of nitrogens with zero attached hydrogens (tertiary/aromatic N) is 2. The Balaban J connectivity index is 2.27. The van der Waals surface area contributed by atoms with E-state index >= 15 is 0 Å². The van der Waals surface area contributed by atoms with Crippen molar-refractivity contribution in [2.24, 2.45) is 0 Å². The number of aldehydes is 1. The Kier molecular flexibility index (Phi) is 3.67. The fourth-order valence-electron chi connectivity index (χ4n) is 3.01. The fraction of sp³-hybridized carbons (Fsp3) is 0.643. The van der Waals surface area contributed by atoms with Gasteiger partial charge in [0.15, 0.2) is 6.29 Å². The molecule has 1 aliphatic heterocycles. The van der Waals surface area contributed by atoms with Crippen LogP contribution in [0.25, 0.3) is 0 Å². The summed E-state index contributed by atoms with van der Waals surface area (Å²) in [5, 5.41) is 0. The molecule has 1 aromatic rings. The maximum absolute atomic E-state index is 11.0. The average Bonchev–Trinajstić information content (AvgIpc) is 2.64. The molecule has 1 fully saturated rings. The van der Waals surface area contributed by atoms with Crippen molar-refractivity contribution in [2.45, 2.75) is 39.7 Å². The largest absolute Gasteiger partial charge is 0.344 e. The monoisotopic (exact) mass is 234 g/mol. The molecule has 0 bridgehead atoms. The molecule has 1 aromatic heterocycles. The molecule has 1 aliphatic rings. The first kappa shape index (κ1) is 12.4. The lowest BCUT2D eigenvalue weighted by molar-refractivity contribution is 0.112. The van der Waals surface area contributed by atoms with E-state index < -0.39 is 0 Å². The Morgan fingerprint density at radius 2 is 2.24 bits per heavy atom. The van der Waals surface area contributed by atoms with Crippen LogP contribution in [0.1, 0.15) is 47.6 Å². The molecule has 0 amide bonds. The summed E-state index contributed by atoms with van der Waals surface area (Å²) in [5.74, 6) is 0. The van der Waals surface area contributed by atoms with Crippen LogP contribution in [-0.4, -0.2) is 35.4 Å². The van der Waals surface area contributed by atoms with E-state index in [0.717, 1.165) is 30.6 Å². The topological polar surface area (TPSA) is 25.2 Å². The predicted octanol–water partition coefficient (Wildman–Crippen LogP) is 2.57. The van der Waals surface area contributed by atoms with Gasteiger partial charge in [-0.3, -0.25) is 4.79 Å². The number of carbonyl (C=O) groups is 1. The van der Waals surface area contributed by atoms with Crippen LogP contribution in [-0.2, 0) is 0 Å². The number of aryl methyl sites for hydroxylation is 1. The van der Waals surface area contributed by atoms with Gasteiger partial charge in [0, 0.05) is 29.5 Å². The van der Waals surface area contributed by atoms with Gasteiger partial charge in [0.2, 0.25) is 0 Å². The van der Waals surface area contributed by atoms with Crippen molar-refractivity contribution in [3.8, 4) is 0 Å². The minimum Gasteiger partial charge on any atom is -0.344 e. The third kappa shape index (κ3) is 2.29. The molecular weight excluding hydrogens is 212 g/mol. The van der Waals surface area contributed by atoms with Crippen molar-refractivity contribution in [2.75, 3.05) is 19.6 Å². The molecule has 1 atom stereocenters. The second-order valence-electron chi connectivity index (χ2n) is 5.00. The Labute approximate surface area is 103 Å². The molecule has 0 aliphatic carbocycles. The predicted molar refractivity (Wildman–Crippen MR) is 69.7 cm³/mol. The summed E-state index contributed by atoms with van der Waals surface area (Å²) in [6, 6.07) is 2.55.